The molecule has 0 spiro atoms. The molecule has 0 radical (unpaired) electrons. The summed E-state index contributed by atoms with van der Waals surface area (Å²) in [6.45, 7) is 0. The van der Waals surface area contributed by atoms with E-state index in [4.69, 9.17) is 19.4 Å². The summed E-state index contributed by atoms with van der Waals surface area (Å²) in [5.41, 5.74) is 2.06. The van der Waals surface area contributed by atoms with E-state index in [0.717, 1.165) is 21.5 Å². The zero-order valence-corrected chi connectivity index (χ0v) is 20.6. The van der Waals surface area contributed by atoms with E-state index in [2.05, 4.69) is 21.6 Å². The van der Waals surface area contributed by atoms with Crippen LogP contribution in [0.15, 0.2) is 47.8 Å². The summed E-state index contributed by atoms with van der Waals surface area (Å²) in [6.07, 6.45) is -4.17. The van der Waals surface area contributed by atoms with E-state index in [9.17, 15) is 18.0 Å². The highest BCUT2D eigenvalue weighted by atomic mass is 32.1. The smallest absolute Gasteiger partial charge is 0.490 e. The number of hydrogen-bond acceptors (Lipinski definition) is 8. The number of aromatic nitrogens is 2. The number of nitrogens with zero attached hydrogens (tertiary/aromatic N) is 2. The molecule has 0 fully saturated rings. The Morgan fingerprint density at radius 2 is 1.75 bits per heavy atom. The van der Waals surface area contributed by atoms with Crippen molar-refractivity contribution in [2.24, 2.45) is 0 Å². The van der Waals surface area contributed by atoms with Crippen molar-refractivity contribution in [3.05, 3.63) is 64.0 Å². The van der Waals surface area contributed by atoms with Crippen LogP contribution in [-0.2, 0) is 22.4 Å². The molecule has 2 aromatic heterocycles. The molecule has 2 heterocycles. The van der Waals surface area contributed by atoms with Gasteiger partial charge in [0.25, 0.3) is 0 Å². The number of alkyl halides is 3. The Morgan fingerprint density at radius 1 is 1.06 bits per heavy atom. The highest BCUT2D eigenvalue weighted by Gasteiger charge is 2.38. The lowest BCUT2D eigenvalue weighted by atomic mass is 10.1. The summed E-state index contributed by atoms with van der Waals surface area (Å²) in [5.74, 6) is -1.50. The number of anilines is 1. The molecule has 0 saturated carbocycles. The maximum atomic E-state index is 12.4. The van der Waals surface area contributed by atoms with Gasteiger partial charge in [-0.15, -0.1) is 21.5 Å². The van der Waals surface area contributed by atoms with Crippen LogP contribution < -0.4 is 14.8 Å². The molecule has 13 heteroatoms. The van der Waals surface area contributed by atoms with Crippen molar-refractivity contribution in [1.82, 2.24) is 10.2 Å². The van der Waals surface area contributed by atoms with E-state index in [0.29, 0.717) is 29.5 Å². The summed E-state index contributed by atoms with van der Waals surface area (Å²) < 4.78 is 43.5. The molecule has 0 aliphatic carbocycles. The first-order chi connectivity index (χ1) is 17.1. The van der Waals surface area contributed by atoms with Crippen molar-refractivity contribution < 1.29 is 37.3 Å². The quantitative estimate of drug-likeness (QED) is 0.333. The Hall–Kier alpha value is -3.71. The molecule has 4 aromatic rings. The number of carbonyl (C=O) groups excluding carboxylic acids is 1. The number of carboxylic acids is 1. The molecular weight excluding hydrogens is 519 g/mol. The van der Waals surface area contributed by atoms with Crippen LogP contribution in [0, 0.1) is 0 Å². The standard InChI is InChI=1S/C21H19N3O3S2.C2HF3O2/c1-26-16-8-7-13(9-17(16)27-2)10-20-23-24-21(29-20)22-19(25)11-14-12-28-18-6-4-3-5-15(14)18;3-2(4,5)1(6)7/h3-9,12H,10-11H2,1-2H3,(H,22,24,25);(H,6,7). The zero-order valence-electron chi connectivity index (χ0n) is 19.0. The number of benzene rings is 2. The van der Waals surface area contributed by atoms with Crippen molar-refractivity contribution in [2.45, 2.75) is 19.0 Å². The summed E-state index contributed by atoms with van der Waals surface area (Å²) in [7, 11) is 3.22. The summed E-state index contributed by atoms with van der Waals surface area (Å²) in [5, 5.41) is 22.8. The number of ether oxygens (including phenoxy) is 2. The number of carboxylic acid groups (broad SMARTS) is 1. The first-order valence-electron chi connectivity index (χ1n) is 10.2. The number of aliphatic carboxylic acids is 1. The molecule has 2 N–H and O–H groups in total. The van der Waals surface area contributed by atoms with Crippen molar-refractivity contribution in [3.8, 4) is 11.5 Å². The van der Waals surface area contributed by atoms with Crippen LogP contribution in [0.4, 0.5) is 18.3 Å². The number of halogens is 3. The minimum Gasteiger partial charge on any atom is -0.493 e. The minimum atomic E-state index is -5.08. The minimum absolute atomic E-state index is 0.0950. The van der Waals surface area contributed by atoms with Gasteiger partial charge in [-0.2, -0.15) is 13.2 Å². The van der Waals surface area contributed by atoms with Crippen LogP contribution in [-0.4, -0.2) is 47.6 Å². The Labute approximate surface area is 211 Å². The third-order valence-corrected chi connectivity index (χ3v) is 6.52. The fourth-order valence-electron chi connectivity index (χ4n) is 3.05. The molecule has 0 aliphatic rings. The average molecular weight is 540 g/mol. The number of rotatable bonds is 7. The second-order valence-corrected chi connectivity index (χ2v) is 9.13. The number of methoxy groups -OCH3 is 2. The van der Waals surface area contributed by atoms with E-state index in [1.165, 1.54) is 16.0 Å². The van der Waals surface area contributed by atoms with Crippen LogP contribution in [0.25, 0.3) is 10.1 Å². The first-order valence-corrected chi connectivity index (χ1v) is 11.9. The Balaban J connectivity index is 0.000000454. The average Bonchev–Trinajstić information content (AvgIpc) is 3.45. The molecule has 0 aliphatic heterocycles. The van der Waals surface area contributed by atoms with Gasteiger partial charge in [0.15, 0.2) is 11.5 Å². The number of amides is 1. The van der Waals surface area contributed by atoms with Crippen molar-refractivity contribution >= 4 is 49.8 Å². The largest absolute Gasteiger partial charge is 0.493 e. The van der Waals surface area contributed by atoms with E-state index in [1.54, 1.807) is 25.6 Å². The van der Waals surface area contributed by atoms with Crippen molar-refractivity contribution in [3.63, 3.8) is 0 Å². The van der Waals surface area contributed by atoms with Crippen LogP contribution in [0.5, 0.6) is 11.5 Å². The zero-order chi connectivity index (χ0) is 26.3. The van der Waals surface area contributed by atoms with Crippen LogP contribution >= 0.6 is 22.7 Å². The lowest BCUT2D eigenvalue weighted by Crippen LogP contribution is -2.21. The van der Waals surface area contributed by atoms with Crippen LogP contribution in [0.2, 0.25) is 0 Å². The summed E-state index contributed by atoms with van der Waals surface area (Å²) in [4.78, 5) is 21.3. The van der Waals surface area contributed by atoms with E-state index in [1.807, 2.05) is 41.8 Å². The summed E-state index contributed by atoms with van der Waals surface area (Å²) >= 11 is 3.02. The number of nitrogens with one attached hydrogen (secondary N) is 1. The molecule has 4 rings (SSSR count). The number of fused-ring (bicyclic) bond motifs is 1. The Morgan fingerprint density at radius 3 is 2.42 bits per heavy atom. The van der Waals surface area contributed by atoms with Gasteiger partial charge in [-0.3, -0.25) is 4.79 Å². The van der Waals surface area contributed by atoms with E-state index < -0.39 is 12.1 Å². The number of hydrogen-bond donors (Lipinski definition) is 2. The fourth-order valence-corrected chi connectivity index (χ4v) is 4.80. The molecule has 0 atom stereocenters. The third kappa shape index (κ3) is 7.15. The predicted molar refractivity (Wildman–Crippen MR) is 130 cm³/mol. The lowest BCUT2D eigenvalue weighted by molar-refractivity contribution is -0.192. The molecule has 1 amide bonds. The molecule has 0 unspecified atom stereocenters. The molecule has 0 saturated heterocycles. The first kappa shape index (κ1) is 26.9. The molecule has 2 aromatic carbocycles. The molecule has 0 bridgehead atoms. The van der Waals surface area contributed by atoms with Gasteiger partial charge in [0.2, 0.25) is 11.0 Å². The van der Waals surface area contributed by atoms with Gasteiger partial charge in [-0.05, 0) is 40.1 Å². The Kier molecular flexibility index (Phi) is 8.83. The van der Waals surface area contributed by atoms with Crippen molar-refractivity contribution in [1.29, 1.82) is 0 Å². The van der Waals surface area contributed by atoms with Gasteiger partial charge in [0.05, 0.1) is 20.6 Å². The maximum Gasteiger partial charge on any atom is 0.490 e. The lowest BCUT2D eigenvalue weighted by Gasteiger charge is -2.08. The predicted octanol–water partition coefficient (Wildman–Crippen LogP) is 5.18. The normalized spacial score (nSPS) is 10.9. The fraction of sp³-hybridized carbons (Fsp3) is 0.217. The van der Waals surface area contributed by atoms with Gasteiger partial charge < -0.3 is 19.9 Å². The molecular formula is C23H20F3N3O5S2. The Bertz CT molecular complexity index is 1350. The van der Waals surface area contributed by atoms with Gasteiger partial charge in [0, 0.05) is 11.1 Å². The highest BCUT2D eigenvalue weighted by molar-refractivity contribution is 7.17. The third-order valence-electron chi connectivity index (χ3n) is 4.67. The second-order valence-electron chi connectivity index (χ2n) is 7.15. The van der Waals surface area contributed by atoms with Gasteiger partial charge in [0.1, 0.15) is 5.01 Å². The van der Waals surface area contributed by atoms with Crippen LogP contribution in [0.1, 0.15) is 16.1 Å². The summed E-state index contributed by atoms with van der Waals surface area (Å²) in [6, 6.07) is 13.8. The van der Waals surface area contributed by atoms with E-state index in [-0.39, 0.29) is 5.91 Å². The second kappa shape index (κ2) is 11.8. The van der Waals surface area contributed by atoms with Gasteiger partial charge in [-0.25, -0.2) is 4.79 Å². The molecule has 8 nitrogen and oxygen atoms in total. The highest BCUT2D eigenvalue weighted by Crippen LogP contribution is 2.30. The number of carbonyl (C=O) groups is 2. The SMILES string of the molecule is COc1ccc(Cc2nnc(NC(=O)Cc3csc4ccccc34)s2)cc1OC.O=C(O)C(F)(F)F. The molecule has 36 heavy (non-hydrogen) atoms. The maximum absolute atomic E-state index is 12.4. The van der Waals surface area contributed by atoms with Gasteiger partial charge in [-0.1, -0.05) is 35.6 Å². The van der Waals surface area contributed by atoms with Gasteiger partial charge >= 0.3 is 12.1 Å². The molecule has 190 valence electrons. The number of thiophene rings is 1. The topological polar surface area (TPSA) is 111 Å². The van der Waals surface area contributed by atoms with Crippen molar-refractivity contribution in [2.75, 3.05) is 19.5 Å². The van der Waals surface area contributed by atoms with E-state index >= 15 is 0 Å². The monoisotopic (exact) mass is 539 g/mol. The van der Waals surface area contributed by atoms with Crippen LogP contribution in [0.3, 0.4) is 0 Å².